The molecule has 1 aliphatic heterocycles. The monoisotopic (exact) mass is 433 g/mol. The fraction of sp³-hybridized carbons (Fsp3) is 0.522. The molecule has 2 aliphatic rings. The Morgan fingerprint density at radius 2 is 2.07 bits per heavy atom. The van der Waals surface area contributed by atoms with E-state index in [-0.39, 0.29) is 22.3 Å². The van der Waals surface area contributed by atoms with Crippen LogP contribution in [-0.2, 0) is 14.3 Å². The first kappa shape index (κ1) is 22.3. The van der Waals surface area contributed by atoms with Crippen molar-refractivity contribution in [2.45, 2.75) is 58.3 Å². The Morgan fingerprint density at radius 1 is 1.30 bits per heavy atom. The van der Waals surface area contributed by atoms with Gasteiger partial charge in [0.25, 0.3) is 0 Å². The average molecular weight is 434 g/mol. The van der Waals surface area contributed by atoms with Crippen LogP contribution in [0.4, 0.5) is 0 Å². The number of aliphatic imine (C=N–C) groups is 1. The van der Waals surface area contributed by atoms with Gasteiger partial charge in [0.2, 0.25) is 0 Å². The van der Waals surface area contributed by atoms with E-state index < -0.39 is 17.8 Å². The number of phenolic OH excluding ortho intramolecular Hbond substituents is 1. The zero-order valence-electron chi connectivity index (χ0n) is 17.7. The summed E-state index contributed by atoms with van der Waals surface area (Å²) in [6, 6.07) is 3.22. The van der Waals surface area contributed by atoms with E-state index in [4.69, 9.17) is 21.1 Å². The Hall–Kier alpha value is -2.34. The molecule has 30 heavy (non-hydrogen) atoms. The lowest BCUT2D eigenvalue weighted by atomic mass is 9.71. The van der Waals surface area contributed by atoms with Crippen molar-refractivity contribution in [2.75, 3.05) is 13.7 Å². The minimum atomic E-state index is -0.724. The summed E-state index contributed by atoms with van der Waals surface area (Å²) in [7, 11) is 1.43. The lowest BCUT2D eigenvalue weighted by Gasteiger charge is -2.34. The fourth-order valence-corrected chi connectivity index (χ4v) is 4.43. The predicted molar refractivity (Wildman–Crippen MR) is 115 cm³/mol. The summed E-state index contributed by atoms with van der Waals surface area (Å²) in [4.78, 5) is 30.6. The zero-order chi connectivity index (χ0) is 21.8. The van der Waals surface area contributed by atoms with E-state index in [9.17, 15) is 14.7 Å². The molecule has 0 fully saturated rings. The molecule has 1 N–H and O–H groups in total. The molecule has 3 rings (SSSR count). The normalized spacial score (nSPS) is 21.2. The molecule has 162 valence electrons. The average Bonchev–Trinajstić information content (AvgIpc) is 2.72. The molecule has 0 amide bonds. The van der Waals surface area contributed by atoms with Crippen molar-refractivity contribution in [1.82, 2.24) is 0 Å². The summed E-state index contributed by atoms with van der Waals surface area (Å²) in [5, 5.41) is 10.2. The molecule has 1 heterocycles. The topological polar surface area (TPSA) is 85.2 Å². The number of rotatable bonds is 7. The molecule has 0 saturated carbocycles. The fourth-order valence-electron chi connectivity index (χ4n) is 4.22. The molecule has 0 spiro atoms. The number of carbonyl (C=O) groups is 2. The second-order valence-corrected chi connectivity index (χ2v) is 8.18. The first-order valence-electron chi connectivity index (χ1n) is 10.4. The van der Waals surface area contributed by atoms with Gasteiger partial charge >= 0.3 is 5.97 Å². The van der Waals surface area contributed by atoms with Crippen molar-refractivity contribution >= 4 is 29.1 Å². The van der Waals surface area contributed by atoms with Gasteiger partial charge in [0, 0.05) is 29.3 Å². The van der Waals surface area contributed by atoms with Crippen LogP contribution in [0, 0.1) is 5.92 Å². The number of ether oxygens (including phenoxy) is 2. The number of unbranched alkanes of at least 4 members (excludes halogenated alkanes) is 2. The summed E-state index contributed by atoms with van der Waals surface area (Å²) < 4.78 is 10.8. The number of phenols is 1. The van der Waals surface area contributed by atoms with Crippen LogP contribution in [-0.4, -0.2) is 36.3 Å². The molecular weight excluding hydrogens is 406 g/mol. The van der Waals surface area contributed by atoms with E-state index in [2.05, 4.69) is 11.9 Å². The van der Waals surface area contributed by atoms with E-state index in [0.717, 1.165) is 31.4 Å². The van der Waals surface area contributed by atoms with Crippen LogP contribution in [0.25, 0.3) is 0 Å². The molecule has 0 bridgehead atoms. The molecule has 1 aliphatic carbocycles. The number of halogens is 1. The largest absolute Gasteiger partial charge is 0.503 e. The second-order valence-electron chi connectivity index (χ2n) is 7.77. The summed E-state index contributed by atoms with van der Waals surface area (Å²) >= 11 is 6.23. The van der Waals surface area contributed by atoms with Crippen LogP contribution in [0.15, 0.2) is 28.4 Å². The maximum absolute atomic E-state index is 13.1. The summed E-state index contributed by atoms with van der Waals surface area (Å²) in [6.07, 6.45) is 4.66. The van der Waals surface area contributed by atoms with E-state index in [0.29, 0.717) is 36.3 Å². The smallest absolute Gasteiger partial charge is 0.315 e. The quantitative estimate of drug-likeness (QED) is 0.484. The SMILES string of the molecule is CCCCCOC(=O)C1C(C)=NC2=C(C(=O)CCC2)[C@H]1c1cc(Cl)c(O)c(OC)c1. The molecule has 0 aromatic heterocycles. The number of benzene rings is 1. The Balaban J connectivity index is 2.06. The molecule has 0 saturated heterocycles. The van der Waals surface area contributed by atoms with Gasteiger partial charge in [-0.3, -0.25) is 14.6 Å². The number of carbonyl (C=O) groups excluding carboxylic acids is 2. The third-order valence-corrected chi connectivity index (χ3v) is 6.00. The van der Waals surface area contributed by atoms with E-state index in [1.807, 2.05) is 0 Å². The van der Waals surface area contributed by atoms with Crippen molar-refractivity contribution in [3.63, 3.8) is 0 Å². The standard InChI is InChI=1S/C23H28ClNO5/c1-4-5-6-10-30-23(28)19-13(2)25-16-8-7-9-17(26)21(16)20(19)14-11-15(24)22(27)18(12-14)29-3/h11-12,19-20,27H,4-10H2,1-3H3/t19?,20-/m0/s1. The van der Waals surface area contributed by atoms with Gasteiger partial charge in [0.1, 0.15) is 5.92 Å². The number of hydrogen-bond donors (Lipinski definition) is 1. The van der Waals surface area contributed by atoms with Crippen molar-refractivity contribution in [1.29, 1.82) is 0 Å². The maximum Gasteiger partial charge on any atom is 0.315 e. The van der Waals surface area contributed by atoms with Crippen molar-refractivity contribution < 1.29 is 24.2 Å². The summed E-state index contributed by atoms with van der Waals surface area (Å²) in [6.45, 7) is 4.22. The molecule has 7 heteroatoms. The van der Waals surface area contributed by atoms with Crippen molar-refractivity contribution in [3.05, 3.63) is 34.0 Å². The van der Waals surface area contributed by atoms with Gasteiger partial charge in [-0.05, 0) is 43.9 Å². The van der Waals surface area contributed by atoms with E-state index >= 15 is 0 Å². The van der Waals surface area contributed by atoms with Gasteiger partial charge in [-0.25, -0.2) is 0 Å². The van der Waals surface area contributed by atoms with Crippen LogP contribution < -0.4 is 4.74 Å². The predicted octanol–water partition coefficient (Wildman–Crippen LogP) is 4.97. The molecular formula is C23H28ClNO5. The van der Waals surface area contributed by atoms with Crippen molar-refractivity contribution in [2.24, 2.45) is 10.9 Å². The van der Waals surface area contributed by atoms with Gasteiger partial charge in [-0.2, -0.15) is 0 Å². The lowest BCUT2D eigenvalue weighted by Crippen LogP contribution is -2.37. The minimum Gasteiger partial charge on any atom is -0.503 e. The van der Waals surface area contributed by atoms with Crippen LogP contribution in [0.1, 0.15) is 63.9 Å². The zero-order valence-corrected chi connectivity index (χ0v) is 18.4. The molecule has 0 radical (unpaired) electrons. The third-order valence-electron chi connectivity index (χ3n) is 5.71. The van der Waals surface area contributed by atoms with Gasteiger partial charge in [-0.15, -0.1) is 0 Å². The summed E-state index contributed by atoms with van der Waals surface area (Å²) in [5.74, 6) is -1.69. The molecule has 1 unspecified atom stereocenters. The van der Waals surface area contributed by atoms with Gasteiger partial charge in [-0.1, -0.05) is 31.4 Å². The number of aromatic hydroxyl groups is 1. The molecule has 1 aromatic carbocycles. The number of allylic oxidation sites excluding steroid dienone is 2. The summed E-state index contributed by atoms with van der Waals surface area (Å²) in [5.41, 5.74) is 2.53. The lowest BCUT2D eigenvalue weighted by molar-refractivity contribution is -0.146. The highest BCUT2D eigenvalue weighted by molar-refractivity contribution is 6.32. The first-order valence-corrected chi connectivity index (χ1v) is 10.8. The Kier molecular flexibility index (Phi) is 7.19. The van der Waals surface area contributed by atoms with Gasteiger partial charge in [0.15, 0.2) is 17.3 Å². The highest BCUT2D eigenvalue weighted by Crippen LogP contribution is 2.46. The Morgan fingerprint density at radius 3 is 2.77 bits per heavy atom. The number of Topliss-reactive ketones (excluding diaryl/α,β-unsaturated/α-hetero) is 1. The second kappa shape index (κ2) is 9.65. The van der Waals surface area contributed by atoms with E-state index in [1.54, 1.807) is 19.1 Å². The molecule has 6 nitrogen and oxygen atoms in total. The number of esters is 1. The Labute approximate surface area is 181 Å². The highest BCUT2D eigenvalue weighted by atomic mass is 35.5. The Bertz CT molecular complexity index is 905. The van der Waals surface area contributed by atoms with E-state index in [1.165, 1.54) is 7.11 Å². The number of nitrogens with zero attached hydrogens (tertiary/aromatic N) is 1. The highest BCUT2D eigenvalue weighted by Gasteiger charge is 2.43. The molecule has 1 aromatic rings. The first-order chi connectivity index (χ1) is 14.4. The third kappa shape index (κ3) is 4.38. The van der Waals surface area contributed by atoms with Crippen LogP contribution in [0.3, 0.4) is 0 Å². The minimum absolute atomic E-state index is 0.00977. The molecule has 2 atom stereocenters. The van der Waals surface area contributed by atoms with Crippen LogP contribution >= 0.6 is 11.6 Å². The number of methoxy groups -OCH3 is 1. The van der Waals surface area contributed by atoms with Gasteiger partial charge < -0.3 is 14.6 Å². The number of ketones is 1. The van der Waals surface area contributed by atoms with Crippen molar-refractivity contribution in [3.8, 4) is 11.5 Å². The van der Waals surface area contributed by atoms with Gasteiger partial charge in [0.05, 0.1) is 18.7 Å². The van der Waals surface area contributed by atoms with Crippen LogP contribution in [0.2, 0.25) is 5.02 Å². The maximum atomic E-state index is 13.1. The number of hydrogen-bond acceptors (Lipinski definition) is 6. The van der Waals surface area contributed by atoms with Crippen LogP contribution in [0.5, 0.6) is 11.5 Å².